The van der Waals surface area contributed by atoms with Crippen LogP contribution in [0.4, 0.5) is 10.5 Å². The van der Waals surface area contributed by atoms with Gasteiger partial charge in [0.2, 0.25) is 0 Å². The number of hydrogen-bond donors (Lipinski definition) is 0. The third-order valence-electron chi connectivity index (χ3n) is 7.80. The highest BCUT2D eigenvalue weighted by molar-refractivity contribution is 5.97. The minimum atomic E-state index is -0.460. The van der Waals surface area contributed by atoms with Crippen LogP contribution in [0.5, 0.6) is 0 Å². The van der Waals surface area contributed by atoms with Gasteiger partial charge in [-0.2, -0.15) is 0 Å². The second-order valence-corrected chi connectivity index (χ2v) is 10.4. The van der Waals surface area contributed by atoms with Crippen molar-refractivity contribution in [1.29, 1.82) is 0 Å². The molecule has 0 saturated carbocycles. The van der Waals surface area contributed by atoms with Crippen molar-refractivity contribution in [2.45, 2.75) is 19.1 Å². The van der Waals surface area contributed by atoms with Crippen LogP contribution in [-0.2, 0) is 17.7 Å². The molecule has 0 atom stereocenters. The topological polar surface area (TPSA) is 53.1 Å². The summed E-state index contributed by atoms with van der Waals surface area (Å²) in [5.74, 6) is 0.0852. The molecule has 40 heavy (non-hydrogen) atoms. The summed E-state index contributed by atoms with van der Waals surface area (Å²) in [5.41, 5.74) is 5.94. The van der Waals surface area contributed by atoms with Gasteiger partial charge in [0.15, 0.2) is 6.10 Å². The van der Waals surface area contributed by atoms with E-state index >= 15 is 0 Å². The number of fused-ring (bicyclic) bond motifs is 1. The van der Waals surface area contributed by atoms with Crippen molar-refractivity contribution in [2.24, 2.45) is 0 Å². The van der Waals surface area contributed by atoms with Gasteiger partial charge in [-0.1, -0.05) is 97.1 Å². The Kier molecular flexibility index (Phi) is 7.49. The van der Waals surface area contributed by atoms with Crippen LogP contribution in [0, 0.1) is 0 Å². The first-order valence-electron chi connectivity index (χ1n) is 13.9. The number of rotatable bonds is 6. The maximum Gasteiger partial charge on any atom is 0.410 e. The standard InChI is InChI=1S/C34H33N3O3/c38-33-31-24-30(17-16-27(31)18-19-37(33)25-26-10-4-1-5-11-26)35-20-22-36(23-21-35)34(39)40-32(28-12-6-2-7-13-28)29-14-8-3-9-15-29/h1-17,24,32H,18-23,25H2. The summed E-state index contributed by atoms with van der Waals surface area (Å²) in [6.07, 6.45) is 0.0885. The van der Waals surface area contributed by atoms with Crippen LogP contribution in [-0.4, -0.2) is 54.5 Å². The van der Waals surface area contributed by atoms with Gasteiger partial charge in [-0.05, 0) is 40.8 Å². The second kappa shape index (κ2) is 11.7. The van der Waals surface area contributed by atoms with Crippen LogP contribution in [0.25, 0.3) is 0 Å². The SMILES string of the molecule is O=C(OC(c1ccccc1)c1ccccc1)N1CCN(c2ccc3c(c2)C(=O)N(Cc2ccccc2)CC3)CC1. The van der Waals surface area contributed by atoms with Crippen molar-refractivity contribution in [3.8, 4) is 0 Å². The molecule has 202 valence electrons. The van der Waals surface area contributed by atoms with Crippen LogP contribution in [0.1, 0.15) is 38.7 Å². The van der Waals surface area contributed by atoms with Gasteiger partial charge in [-0.3, -0.25) is 4.79 Å². The zero-order chi connectivity index (χ0) is 27.3. The highest BCUT2D eigenvalue weighted by Gasteiger charge is 2.29. The van der Waals surface area contributed by atoms with Crippen molar-refractivity contribution < 1.29 is 14.3 Å². The van der Waals surface area contributed by atoms with E-state index in [0.717, 1.165) is 46.5 Å². The highest BCUT2D eigenvalue weighted by atomic mass is 16.6. The van der Waals surface area contributed by atoms with Gasteiger partial charge in [0.05, 0.1) is 0 Å². The quantitative estimate of drug-likeness (QED) is 0.309. The third-order valence-corrected chi connectivity index (χ3v) is 7.80. The van der Waals surface area contributed by atoms with Gasteiger partial charge in [0.1, 0.15) is 0 Å². The summed E-state index contributed by atoms with van der Waals surface area (Å²) >= 11 is 0. The molecule has 2 amide bonds. The molecule has 6 rings (SSSR count). The number of ether oxygens (including phenoxy) is 1. The number of piperazine rings is 1. The van der Waals surface area contributed by atoms with Crippen LogP contribution >= 0.6 is 0 Å². The molecule has 6 heteroatoms. The zero-order valence-corrected chi connectivity index (χ0v) is 22.5. The maximum absolute atomic E-state index is 13.4. The van der Waals surface area contributed by atoms with Gasteiger partial charge < -0.3 is 19.4 Å². The molecule has 0 bridgehead atoms. The lowest BCUT2D eigenvalue weighted by Gasteiger charge is -2.37. The van der Waals surface area contributed by atoms with Crippen molar-refractivity contribution in [2.75, 3.05) is 37.6 Å². The van der Waals surface area contributed by atoms with Crippen molar-refractivity contribution in [3.05, 3.63) is 137 Å². The van der Waals surface area contributed by atoms with Crippen LogP contribution in [0.3, 0.4) is 0 Å². The monoisotopic (exact) mass is 531 g/mol. The van der Waals surface area contributed by atoms with Gasteiger partial charge in [0, 0.05) is 50.5 Å². The molecule has 0 aromatic heterocycles. The molecule has 2 heterocycles. The Balaban J connectivity index is 1.11. The summed E-state index contributed by atoms with van der Waals surface area (Å²) in [7, 11) is 0. The van der Waals surface area contributed by atoms with E-state index < -0.39 is 6.10 Å². The average Bonchev–Trinajstić information content (AvgIpc) is 3.02. The molecule has 4 aromatic rings. The summed E-state index contributed by atoms with van der Waals surface area (Å²) in [5, 5.41) is 0. The Morgan fingerprint density at radius 1 is 0.725 bits per heavy atom. The van der Waals surface area contributed by atoms with E-state index in [9.17, 15) is 9.59 Å². The number of amides is 2. The maximum atomic E-state index is 13.4. The molecule has 6 nitrogen and oxygen atoms in total. The summed E-state index contributed by atoms with van der Waals surface area (Å²) < 4.78 is 6.07. The van der Waals surface area contributed by atoms with Crippen molar-refractivity contribution in [3.63, 3.8) is 0 Å². The number of anilines is 1. The molecule has 2 aliphatic rings. The fraction of sp³-hybridized carbons (Fsp3) is 0.235. The molecule has 4 aromatic carbocycles. The molecule has 0 spiro atoms. The highest BCUT2D eigenvalue weighted by Crippen LogP contribution is 2.29. The van der Waals surface area contributed by atoms with E-state index in [1.54, 1.807) is 4.90 Å². The van der Waals surface area contributed by atoms with E-state index in [-0.39, 0.29) is 12.0 Å². The Bertz CT molecular complexity index is 1410. The fourth-order valence-corrected chi connectivity index (χ4v) is 5.57. The van der Waals surface area contributed by atoms with Gasteiger partial charge in [-0.25, -0.2) is 4.79 Å². The van der Waals surface area contributed by atoms with Crippen molar-refractivity contribution in [1.82, 2.24) is 9.80 Å². The number of carbonyl (C=O) groups is 2. The third kappa shape index (κ3) is 5.57. The lowest BCUT2D eigenvalue weighted by molar-refractivity contribution is 0.0726. The number of nitrogens with zero attached hydrogens (tertiary/aromatic N) is 3. The lowest BCUT2D eigenvalue weighted by atomic mass is 9.97. The Labute approximate surface area is 235 Å². The lowest BCUT2D eigenvalue weighted by Crippen LogP contribution is -2.49. The molecule has 0 radical (unpaired) electrons. The summed E-state index contributed by atoms with van der Waals surface area (Å²) in [6, 6.07) is 36.1. The molecule has 1 fully saturated rings. The van der Waals surface area contributed by atoms with E-state index in [2.05, 4.69) is 29.2 Å². The van der Waals surface area contributed by atoms with Gasteiger partial charge in [-0.15, -0.1) is 0 Å². The Morgan fingerprint density at radius 3 is 1.95 bits per heavy atom. The molecular weight excluding hydrogens is 498 g/mol. The molecule has 1 saturated heterocycles. The molecular formula is C34H33N3O3. The number of benzene rings is 4. The first-order valence-corrected chi connectivity index (χ1v) is 13.9. The van der Waals surface area contributed by atoms with Gasteiger partial charge in [0.25, 0.3) is 5.91 Å². The smallest absolute Gasteiger partial charge is 0.410 e. The predicted octanol–water partition coefficient (Wildman–Crippen LogP) is 5.93. The van der Waals surface area contributed by atoms with Crippen LogP contribution in [0.15, 0.2) is 109 Å². The normalized spacial score (nSPS) is 15.2. The summed E-state index contributed by atoms with van der Waals surface area (Å²) in [4.78, 5) is 32.6. The molecule has 0 unspecified atom stereocenters. The molecule has 0 N–H and O–H groups in total. The predicted molar refractivity (Wildman–Crippen MR) is 156 cm³/mol. The minimum Gasteiger partial charge on any atom is -0.436 e. The number of hydrogen-bond acceptors (Lipinski definition) is 4. The molecule has 0 aliphatic carbocycles. The van der Waals surface area contributed by atoms with E-state index in [1.807, 2.05) is 89.8 Å². The van der Waals surface area contributed by atoms with E-state index in [1.165, 1.54) is 0 Å². The summed E-state index contributed by atoms with van der Waals surface area (Å²) in [6.45, 7) is 3.82. The second-order valence-electron chi connectivity index (χ2n) is 10.4. The van der Waals surface area contributed by atoms with Crippen LogP contribution in [0.2, 0.25) is 0 Å². The largest absolute Gasteiger partial charge is 0.436 e. The Hall–Kier alpha value is -4.58. The minimum absolute atomic E-state index is 0.0852. The number of carbonyl (C=O) groups excluding carboxylic acids is 2. The van der Waals surface area contributed by atoms with Crippen LogP contribution < -0.4 is 4.90 Å². The van der Waals surface area contributed by atoms with E-state index in [4.69, 9.17) is 4.74 Å². The average molecular weight is 532 g/mol. The first kappa shape index (κ1) is 25.7. The molecule has 2 aliphatic heterocycles. The van der Waals surface area contributed by atoms with Crippen molar-refractivity contribution >= 4 is 17.7 Å². The first-order chi connectivity index (χ1) is 19.7. The van der Waals surface area contributed by atoms with Gasteiger partial charge >= 0.3 is 6.09 Å². The zero-order valence-electron chi connectivity index (χ0n) is 22.5. The van der Waals surface area contributed by atoms with E-state index in [0.29, 0.717) is 32.7 Å². The Morgan fingerprint density at radius 2 is 1.32 bits per heavy atom. The fourth-order valence-electron chi connectivity index (χ4n) is 5.57.